The lowest BCUT2D eigenvalue weighted by Gasteiger charge is -2.40. The highest BCUT2D eigenvalue weighted by atomic mass is 32.1. The summed E-state index contributed by atoms with van der Waals surface area (Å²) in [4.78, 5) is 20.6. The van der Waals surface area contributed by atoms with Gasteiger partial charge in [-0.15, -0.1) is 11.3 Å². The molecule has 1 aromatic heterocycles. The highest BCUT2D eigenvalue weighted by molar-refractivity contribution is 7.10. The van der Waals surface area contributed by atoms with Gasteiger partial charge in [-0.2, -0.15) is 0 Å². The summed E-state index contributed by atoms with van der Waals surface area (Å²) in [6.45, 7) is 6.25. The molecule has 1 amide bonds. The number of hydrogen-bond acceptors (Lipinski definition) is 4. The van der Waals surface area contributed by atoms with E-state index in [1.165, 1.54) is 37.2 Å². The Kier molecular flexibility index (Phi) is 5.50. The SMILES string of the molecule is CN1CCCC[C@@H]1CN1CCN(C(=O)Cc2cccs2)CC1. The Morgan fingerprint density at radius 1 is 1.23 bits per heavy atom. The number of piperidine rings is 1. The molecule has 0 aromatic carbocycles. The van der Waals surface area contributed by atoms with Crippen molar-refractivity contribution in [3.05, 3.63) is 22.4 Å². The van der Waals surface area contributed by atoms with Crippen molar-refractivity contribution in [3.8, 4) is 0 Å². The van der Waals surface area contributed by atoms with Crippen LogP contribution < -0.4 is 0 Å². The van der Waals surface area contributed by atoms with E-state index in [9.17, 15) is 4.79 Å². The Balaban J connectivity index is 1.43. The number of hydrogen-bond donors (Lipinski definition) is 0. The van der Waals surface area contributed by atoms with Gasteiger partial charge in [0, 0.05) is 43.6 Å². The van der Waals surface area contributed by atoms with Gasteiger partial charge < -0.3 is 9.80 Å². The van der Waals surface area contributed by atoms with E-state index in [0.29, 0.717) is 12.5 Å². The first-order valence-corrected chi connectivity index (χ1v) is 9.33. The average Bonchev–Trinajstić information content (AvgIpc) is 3.03. The molecule has 3 rings (SSSR count). The van der Waals surface area contributed by atoms with Crippen LogP contribution >= 0.6 is 11.3 Å². The number of nitrogens with zero attached hydrogens (tertiary/aromatic N) is 3. The minimum Gasteiger partial charge on any atom is -0.340 e. The van der Waals surface area contributed by atoms with Gasteiger partial charge in [-0.25, -0.2) is 0 Å². The predicted octanol–water partition coefficient (Wildman–Crippen LogP) is 1.92. The van der Waals surface area contributed by atoms with Crippen LogP contribution in [-0.2, 0) is 11.2 Å². The Morgan fingerprint density at radius 2 is 2.05 bits per heavy atom. The Hall–Kier alpha value is -0.910. The molecule has 0 bridgehead atoms. The van der Waals surface area contributed by atoms with Crippen molar-refractivity contribution >= 4 is 17.2 Å². The fourth-order valence-corrected chi connectivity index (χ4v) is 4.22. The molecule has 2 saturated heterocycles. The van der Waals surface area contributed by atoms with Crippen LogP contribution in [0.25, 0.3) is 0 Å². The largest absolute Gasteiger partial charge is 0.340 e. The summed E-state index contributed by atoms with van der Waals surface area (Å²) in [5.41, 5.74) is 0. The van der Waals surface area contributed by atoms with Gasteiger partial charge in [0.05, 0.1) is 6.42 Å². The molecular formula is C17H27N3OS. The number of amides is 1. The quantitative estimate of drug-likeness (QED) is 0.848. The molecule has 0 unspecified atom stereocenters. The van der Waals surface area contributed by atoms with E-state index >= 15 is 0 Å². The summed E-state index contributed by atoms with van der Waals surface area (Å²) in [6.07, 6.45) is 4.61. The van der Waals surface area contributed by atoms with Gasteiger partial charge in [0.2, 0.25) is 5.91 Å². The molecule has 0 spiro atoms. The highest BCUT2D eigenvalue weighted by Gasteiger charge is 2.25. The van der Waals surface area contributed by atoms with E-state index in [1.807, 2.05) is 16.3 Å². The van der Waals surface area contributed by atoms with Crippen molar-refractivity contribution < 1.29 is 4.79 Å². The van der Waals surface area contributed by atoms with E-state index in [-0.39, 0.29) is 5.91 Å². The third-order valence-corrected chi connectivity index (χ3v) is 5.90. The van der Waals surface area contributed by atoms with Crippen molar-refractivity contribution in [2.24, 2.45) is 0 Å². The van der Waals surface area contributed by atoms with Crippen LogP contribution in [0.3, 0.4) is 0 Å². The number of rotatable bonds is 4. The second kappa shape index (κ2) is 7.57. The first kappa shape index (κ1) is 16.0. The van der Waals surface area contributed by atoms with Crippen molar-refractivity contribution in [2.45, 2.75) is 31.7 Å². The van der Waals surface area contributed by atoms with Gasteiger partial charge in [-0.3, -0.25) is 9.69 Å². The van der Waals surface area contributed by atoms with Crippen LogP contribution in [0.1, 0.15) is 24.1 Å². The van der Waals surface area contributed by atoms with Gasteiger partial charge >= 0.3 is 0 Å². The fourth-order valence-electron chi connectivity index (χ4n) is 3.53. The van der Waals surface area contributed by atoms with Crippen LogP contribution in [0.4, 0.5) is 0 Å². The standard InChI is InChI=1S/C17H27N3OS/c1-18-7-3-2-5-15(18)14-19-8-10-20(11-9-19)17(21)13-16-6-4-12-22-16/h4,6,12,15H,2-3,5,7-11,13-14H2,1H3/t15-/m1/s1. The lowest BCUT2D eigenvalue weighted by atomic mass is 10.0. The molecular weight excluding hydrogens is 294 g/mol. The third-order valence-electron chi connectivity index (χ3n) is 5.02. The number of carbonyl (C=O) groups excluding carboxylic acids is 1. The van der Waals surface area contributed by atoms with Crippen LogP contribution in [0, 0.1) is 0 Å². The predicted molar refractivity (Wildman–Crippen MR) is 91.3 cm³/mol. The molecule has 0 N–H and O–H groups in total. The molecule has 2 aliphatic rings. The highest BCUT2D eigenvalue weighted by Crippen LogP contribution is 2.17. The molecule has 22 heavy (non-hydrogen) atoms. The Labute approximate surface area is 137 Å². The molecule has 2 fully saturated rings. The molecule has 4 nitrogen and oxygen atoms in total. The van der Waals surface area contributed by atoms with E-state index in [1.54, 1.807) is 11.3 Å². The minimum absolute atomic E-state index is 0.289. The number of likely N-dealkylation sites (N-methyl/N-ethyl adjacent to an activating group) is 1. The van der Waals surface area contributed by atoms with E-state index < -0.39 is 0 Å². The number of thiophene rings is 1. The summed E-state index contributed by atoms with van der Waals surface area (Å²) >= 11 is 1.68. The first-order chi connectivity index (χ1) is 10.7. The van der Waals surface area contributed by atoms with Gasteiger partial charge in [0.25, 0.3) is 0 Å². The van der Waals surface area contributed by atoms with Gasteiger partial charge in [-0.05, 0) is 37.9 Å². The molecule has 122 valence electrons. The molecule has 0 radical (unpaired) electrons. The maximum atomic E-state index is 12.3. The van der Waals surface area contributed by atoms with Crippen LogP contribution in [-0.4, -0.2) is 73.0 Å². The Morgan fingerprint density at radius 3 is 2.73 bits per heavy atom. The maximum Gasteiger partial charge on any atom is 0.227 e. The molecule has 1 aromatic rings. The van der Waals surface area contributed by atoms with E-state index in [2.05, 4.69) is 22.9 Å². The van der Waals surface area contributed by atoms with Gasteiger partial charge in [0.1, 0.15) is 0 Å². The molecule has 5 heteroatoms. The second-order valence-corrected chi connectivity index (χ2v) is 7.60. The summed E-state index contributed by atoms with van der Waals surface area (Å²) in [6, 6.07) is 4.78. The second-order valence-electron chi connectivity index (χ2n) is 6.57. The third kappa shape index (κ3) is 4.09. The van der Waals surface area contributed by atoms with E-state index in [4.69, 9.17) is 0 Å². The normalized spacial score (nSPS) is 24.6. The van der Waals surface area contributed by atoms with Crippen LogP contribution in [0.15, 0.2) is 17.5 Å². The summed E-state index contributed by atoms with van der Waals surface area (Å²) in [5.74, 6) is 0.289. The van der Waals surface area contributed by atoms with Crippen LogP contribution in [0.2, 0.25) is 0 Å². The Bertz CT molecular complexity index is 468. The first-order valence-electron chi connectivity index (χ1n) is 8.45. The summed E-state index contributed by atoms with van der Waals surface area (Å²) < 4.78 is 0. The summed E-state index contributed by atoms with van der Waals surface area (Å²) in [7, 11) is 2.25. The monoisotopic (exact) mass is 321 g/mol. The topological polar surface area (TPSA) is 26.8 Å². The van der Waals surface area contributed by atoms with Crippen molar-refractivity contribution in [1.29, 1.82) is 0 Å². The van der Waals surface area contributed by atoms with Gasteiger partial charge in [-0.1, -0.05) is 12.5 Å². The fraction of sp³-hybridized carbons (Fsp3) is 0.706. The van der Waals surface area contributed by atoms with Gasteiger partial charge in [0.15, 0.2) is 0 Å². The number of likely N-dealkylation sites (tertiary alicyclic amines) is 1. The number of piperazine rings is 1. The van der Waals surface area contributed by atoms with Crippen LogP contribution in [0.5, 0.6) is 0 Å². The zero-order valence-corrected chi connectivity index (χ0v) is 14.4. The van der Waals surface area contributed by atoms with E-state index in [0.717, 1.165) is 26.2 Å². The average molecular weight is 321 g/mol. The summed E-state index contributed by atoms with van der Waals surface area (Å²) in [5, 5.41) is 2.04. The lowest BCUT2D eigenvalue weighted by molar-refractivity contribution is -0.132. The van der Waals surface area contributed by atoms with Crippen molar-refractivity contribution in [1.82, 2.24) is 14.7 Å². The molecule has 3 heterocycles. The number of carbonyl (C=O) groups is 1. The van der Waals surface area contributed by atoms with Crippen molar-refractivity contribution in [2.75, 3.05) is 46.3 Å². The molecule has 0 saturated carbocycles. The molecule has 2 aliphatic heterocycles. The lowest BCUT2D eigenvalue weighted by Crippen LogP contribution is -2.53. The van der Waals surface area contributed by atoms with Crippen molar-refractivity contribution in [3.63, 3.8) is 0 Å². The zero-order chi connectivity index (χ0) is 15.4. The zero-order valence-electron chi connectivity index (χ0n) is 13.5. The molecule has 1 atom stereocenters. The maximum absolute atomic E-state index is 12.3. The molecule has 0 aliphatic carbocycles. The smallest absolute Gasteiger partial charge is 0.227 e. The minimum atomic E-state index is 0.289.